The van der Waals surface area contributed by atoms with Crippen molar-refractivity contribution < 1.29 is 4.42 Å². The second kappa shape index (κ2) is 4.78. The topological polar surface area (TPSA) is 52.0 Å². The summed E-state index contributed by atoms with van der Waals surface area (Å²) in [5.74, 6) is 0.756. The Morgan fingerprint density at radius 1 is 1.35 bits per heavy atom. The Bertz CT molecular complexity index is 509. The molecule has 3 nitrogen and oxygen atoms in total. The van der Waals surface area contributed by atoms with E-state index >= 15 is 0 Å². The van der Waals surface area contributed by atoms with Gasteiger partial charge in [0.2, 0.25) is 5.89 Å². The highest BCUT2D eigenvalue weighted by molar-refractivity contribution is 9.10. The molecule has 1 aromatic heterocycles. The van der Waals surface area contributed by atoms with Gasteiger partial charge in [-0.05, 0) is 40.9 Å². The van der Waals surface area contributed by atoms with Gasteiger partial charge in [-0.3, -0.25) is 0 Å². The number of halogens is 1. The Balaban J connectivity index is 2.59. The largest absolute Gasteiger partial charge is 0.439 e. The number of para-hydroxylation sites is 1. The number of rotatable bonds is 4. The number of fused-ring (bicyclic) bond motifs is 1. The Morgan fingerprint density at radius 2 is 2.06 bits per heavy atom. The van der Waals surface area contributed by atoms with Gasteiger partial charge in [0.15, 0.2) is 5.58 Å². The molecule has 92 valence electrons. The molecular weight excluding hydrogens is 280 g/mol. The second-order valence-corrected chi connectivity index (χ2v) is 5.15. The molecule has 4 heteroatoms. The number of aromatic nitrogens is 1. The summed E-state index contributed by atoms with van der Waals surface area (Å²) in [6, 6.07) is 5.87. The molecule has 0 saturated carbocycles. The maximum Gasteiger partial charge on any atom is 0.203 e. The van der Waals surface area contributed by atoms with E-state index in [1.54, 1.807) is 0 Å². The fourth-order valence-electron chi connectivity index (χ4n) is 2.07. The molecule has 2 N–H and O–H groups in total. The average molecular weight is 297 g/mol. The van der Waals surface area contributed by atoms with Crippen molar-refractivity contribution in [2.24, 2.45) is 5.73 Å². The highest BCUT2D eigenvalue weighted by Crippen LogP contribution is 2.34. The van der Waals surface area contributed by atoms with Crippen LogP contribution < -0.4 is 5.73 Å². The predicted molar refractivity (Wildman–Crippen MR) is 73.0 cm³/mol. The lowest BCUT2D eigenvalue weighted by atomic mass is 9.82. The van der Waals surface area contributed by atoms with Crippen molar-refractivity contribution in [3.8, 4) is 0 Å². The van der Waals surface area contributed by atoms with E-state index in [-0.39, 0.29) is 5.41 Å². The van der Waals surface area contributed by atoms with Crippen LogP contribution in [0.3, 0.4) is 0 Å². The summed E-state index contributed by atoms with van der Waals surface area (Å²) in [5, 5.41) is 0. The van der Waals surface area contributed by atoms with Crippen LogP contribution in [0.25, 0.3) is 11.1 Å². The third-order valence-electron chi connectivity index (χ3n) is 3.56. The normalized spacial score (nSPS) is 12.2. The molecule has 1 aromatic carbocycles. The highest BCUT2D eigenvalue weighted by Gasteiger charge is 2.32. The lowest BCUT2D eigenvalue weighted by Crippen LogP contribution is -2.34. The van der Waals surface area contributed by atoms with Crippen LogP contribution in [-0.4, -0.2) is 11.5 Å². The van der Waals surface area contributed by atoms with Crippen LogP contribution >= 0.6 is 15.9 Å². The van der Waals surface area contributed by atoms with Crippen LogP contribution in [0.2, 0.25) is 0 Å². The quantitative estimate of drug-likeness (QED) is 0.938. The van der Waals surface area contributed by atoms with Gasteiger partial charge < -0.3 is 10.2 Å². The summed E-state index contributed by atoms with van der Waals surface area (Å²) in [7, 11) is 0. The van der Waals surface area contributed by atoms with Crippen LogP contribution in [0.15, 0.2) is 27.1 Å². The molecule has 0 saturated heterocycles. The molecule has 2 aromatic rings. The minimum Gasteiger partial charge on any atom is -0.439 e. The number of nitrogens with two attached hydrogens (primary N) is 1. The lowest BCUT2D eigenvalue weighted by Gasteiger charge is -2.25. The Morgan fingerprint density at radius 3 is 2.59 bits per heavy atom. The molecule has 0 fully saturated rings. The zero-order chi connectivity index (χ0) is 12.5. The lowest BCUT2D eigenvalue weighted by molar-refractivity contribution is 0.316. The van der Waals surface area contributed by atoms with Gasteiger partial charge in [-0.25, -0.2) is 4.98 Å². The van der Waals surface area contributed by atoms with Gasteiger partial charge in [-0.2, -0.15) is 0 Å². The summed E-state index contributed by atoms with van der Waals surface area (Å²) in [5.41, 5.74) is 7.46. The molecule has 1 heterocycles. The third kappa shape index (κ3) is 2.00. The molecular formula is C13H17BrN2O. The van der Waals surface area contributed by atoms with Crippen molar-refractivity contribution in [2.75, 3.05) is 6.54 Å². The van der Waals surface area contributed by atoms with Crippen molar-refractivity contribution in [1.82, 2.24) is 4.98 Å². The first-order chi connectivity index (χ1) is 8.16. The summed E-state index contributed by atoms with van der Waals surface area (Å²) in [6.45, 7) is 4.81. The first-order valence-corrected chi connectivity index (χ1v) is 6.71. The van der Waals surface area contributed by atoms with Crippen molar-refractivity contribution in [3.63, 3.8) is 0 Å². The summed E-state index contributed by atoms with van der Waals surface area (Å²) in [4.78, 5) is 4.58. The average Bonchev–Trinajstić information content (AvgIpc) is 2.78. The van der Waals surface area contributed by atoms with Crippen LogP contribution in [0.1, 0.15) is 32.6 Å². The molecule has 0 aliphatic carbocycles. The Hall–Kier alpha value is -0.870. The number of hydrogen-bond donors (Lipinski definition) is 1. The zero-order valence-electron chi connectivity index (χ0n) is 10.2. The van der Waals surface area contributed by atoms with Crippen molar-refractivity contribution in [2.45, 2.75) is 32.1 Å². The van der Waals surface area contributed by atoms with E-state index in [0.29, 0.717) is 6.54 Å². The first kappa shape index (κ1) is 12.6. The number of oxazole rings is 1. The molecule has 0 unspecified atom stereocenters. The number of hydrogen-bond acceptors (Lipinski definition) is 3. The number of nitrogens with zero attached hydrogens (tertiary/aromatic N) is 1. The molecule has 0 aliphatic rings. The molecule has 0 aliphatic heterocycles. The standard InChI is InChI=1S/C13H17BrN2O/c1-3-13(4-2,8-15)12-16-10-7-5-6-9(14)11(10)17-12/h5-7H,3-4,8,15H2,1-2H3. The Labute approximate surface area is 110 Å². The van der Waals surface area contributed by atoms with Gasteiger partial charge in [0, 0.05) is 6.54 Å². The summed E-state index contributed by atoms with van der Waals surface area (Å²) in [6.07, 6.45) is 1.87. The van der Waals surface area contributed by atoms with Crippen LogP contribution in [0.4, 0.5) is 0 Å². The first-order valence-electron chi connectivity index (χ1n) is 5.92. The molecule has 0 bridgehead atoms. The van der Waals surface area contributed by atoms with E-state index in [2.05, 4.69) is 34.8 Å². The van der Waals surface area contributed by atoms with Gasteiger partial charge in [-0.1, -0.05) is 19.9 Å². The van der Waals surface area contributed by atoms with E-state index < -0.39 is 0 Å². The van der Waals surface area contributed by atoms with Gasteiger partial charge in [0.1, 0.15) is 5.52 Å². The fourth-order valence-corrected chi connectivity index (χ4v) is 2.51. The van der Waals surface area contributed by atoms with Crippen molar-refractivity contribution in [3.05, 3.63) is 28.6 Å². The van der Waals surface area contributed by atoms with Crippen LogP contribution in [-0.2, 0) is 5.41 Å². The summed E-state index contributed by atoms with van der Waals surface area (Å²) >= 11 is 3.48. The molecule has 0 spiro atoms. The second-order valence-electron chi connectivity index (χ2n) is 4.30. The zero-order valence-corrected chi connectivity index (χ0v) is 11.8. The number of benzene rings is 1. The Kier molecular flexibility index (Phi) is 3.54. The maximum atomic E-state index is 5.91. The molecule has 0 radical (unpaired) electrons. The minimum atomic E-state index is -0.140. The minimum absolute atomic E-state index is 0.140. The SMILES string of the molecule is CCC(CC)(CN)c1nc2cccc(Br)c2o1. The van der Waals surface area contributed by atoms with Gasteiger partial charge in [0.05, 0.1) is 9.89 Å². The predicted octanol–water partition coefficient (Wildman–Crippen LogP) is 3.61. The fraction of sp³-hybridized carbons (Fsp3) is 0.462. The third-order valence-corrected chi connectivity index (χ3v) is 4.19. The molecule has 17 heavy (non-hydrogen) atoms. The molecule has 2 rings (SSSR count). The van der Waals surface area contributed by atoms with Crippen molar-refractivity contribution in [1.29, 1.82) is 0 Å². The smallest absolute Gasteiger partial charge is 0.203 e. The van der Waals surface area contributed by atoms with Crippen LogP contribution in [0, 0.1) is 0 Å². The molecule has 0 amide bonds. The molecule has 0 atom stereocenters. The van der Waals surface area contributed by atoms with E-state index in [1.165, 1.54) is 0 Å². The van der Waals surface area contributed by atoms with E-state index in [4.69, 9.17) is 10.2 Å². The maximum absolute atomic E-state index is 5.91. The van der Waals surface area contributed by atoms with Gasteiger partial charge >= 0.3 is 0 Å². The van der Waals surface area contributed by atoms with Crippen LogP contribution in [0.5, 0.6) is 0 Å². The summed E-state index contributed by atoms with van der Waals surface area (Å²) < 4.78 is 6.84. The van der Waals surface area contributed by atoms with E-state index in [1.807, 2.05) is 18.2 Å². The van der Waals surface area contributed by atoms with E-state index in [0.717, 1.165) is 34.3 Å². The van der Waals surface area contributed by atoms with Gasteiger partial charge in [-0.15, -0.1) is 0 Å². The van der Waals surface area contributed by atoms with Crippen molar-refractivity contribution >= 4 is 27.0 Å². The van der Waals surface area contributed by atoms with Gasteiger partial charge in [0.25, 0.3) is 0 Å². The highest BCUT2D eigenvalue weighted by atomic mass is 79.9. The van der Waals surface area contributed by atoms with E-state index in [9.17, 15) is 0 Å². The monoisotopic (exact) mass is 296 g/mol.